The van der Waals surface area contributed by atoms with E-state index in [4.69, 9.17) is 26.4 Å². The van der Waals surface area contributed by atoms with E-state index in [1.807, 2.05) is 0 Å². The first-order valence-electron chi connectivity index (χ1n) is 5.23. The third-order valence-corrected chi connectivity index (χ3v) is 1.88. The van der Waals surface area contributed by atoms with Crippen LogP contribution in [0, 0.1) is 0 Å². The molecule has 0 aliphatic carbocycles. The third kappa shape index (κ3) is 10.1. The molecule has 0 spiro atoms. The van der Waals surface area contributed by atoms with E-state index in [-0.39, 0.29) is 19.3 Å². The summed E-state index contributed by atoms with van der Waals surface area (Å²) >= 11 is 0. The molecule has 0 aliphatic heterocycles. The second-order valence-corrected chi connectivity index (χ2v) is 3.45. The second-order valence-electron chi connectivity index (χ2n) is 3.45. The first-order chi connectivity index (χ1) is 7.20. The molecule has 2 atom stereocenters. The molecule has 6 nitrogen and oxygen atoms in total. The highest BCUT2D eigenvalue weighted by atomic mass is 16.5. The van der Waals surface area contributed by atoms with Gasteiger partial charge in [-0.3, -0.25) is 0 Å². The summed E-state index contributed by atoms with van der Waals surface area (Å²) in [7, 11) is 0. The predicted molar refractivity (Wildman–Crippen MR) is 58.4 cm³/mol. The van der Waals surface area contributed by atoms with Crippen LogP contribution in [0.3, 0.4) is 0 Å². The number of ether oxygens (including phenoxy) is 1. The molecule has 0 aromatic carbocycles. The average Bonchev–Trinajstić information content (AvgIpc) is 2.24. The van der Waals surface area contributed by atoms with Gasteiger partial charge in [0.05, 0.1) is 13.2 Å². The van der Waals surface area contributed by atoms with Gasteiger partial charge in [-0.25, -0.2) is 0 Å². The Balaban J connectivity index is 3.19. The zero-order valence-corrected chi connectivity index (χ0v) is 9.06. The summed E-state index contributed by atoms with van der Waals surface area (Å²) in [6.45, 7) is 2.44. The fourth-order valence-corrected chi connectivity index (χ4v) is 0.998. The largest absolute Gasteiger partial charge is 0.394 e. The van der Waals surface area contributed by atoms with Crippen LogP contribution in [-0.4, -0.2) is 61.8 Å². The van der Waals surface area contributed by atoms with Crippen molar-refractivity contribution in [3.63, 3.8) is 0 Å². The normalized spacial score (nSPS) is 15.2. The molecule has 6 heteroatoms. The van der Waals surface area contributed by atoms with Gasteiger partial charge in [-0.1, -0.05) is 0 Å². The minimum atomic E-state index is -0.795. The van der Waals surface area contributed by atoms with Crippen molar-refractivity contribution in [3.05, 3.63) is 0 Å². The topological polar surface area (TPSA) is 114 Å². The molecule has 0 aromatic rings. The van der Waals surface area contributed by atoms with Crippen LogP contribution in [0.1, 0.15) is 6.42 Å². The van der Waals surface area contributed by atoms with E-state index in [9.17, 15) is 0 Å². The number of rotatable bonds is 10. The highest BCUT2D eigenvalue weighted by Gasteiger charge is 2.04. The van der Waals surface area contributed by atoms with E-state index in [1.54, 1.807) is 0 Å². The minimum absolute atomic E-state index is 0.0304. The maximum atomic E-state index is 8.96. The van der Waals surface area contributed by atoms with Crippen LogP contribution >= 0.6 is 0 Å². The lowest BCUT2D eigenvalue weighted by molar-refractivity contribution is 0.00459. The molecular weight excluding hydrogens is 198 g/mol. The van der Waals surface area contributed by atoms with Gasteiger partial charge in [-0.2, -0.15) is 0 Å². The van der Waals surface area contributed by atoms with Gasteiger partial charge >= 0.3 is 0 Å². The summed E-state index contributed by atoms with van der Waals surface area (Å²) in [6.07, 6.45) is -0.0768. The highest BCUT2D eigenvalue weighted by Crippen LogP contribution is 1.90. The van der Waals surface area contributed by atoms with Gasteiger partial charge < -0.3 is 31.7 Å². The monoisotopic (exact) mass is 221 g/mol. The Morgan fingerprint density at radius 2 is 2.13 bits per heavy atom. The summed E-state index contributed by atoms with van der Waals surface area (Å²) in [6, 6.07) is 0.0304. The number of aliphatic hydroxyl groups is 2. The van der Waals surface area contributed by atoms with E-state index in [0.717, 1.165) is 13.0 Å². The van der Waals surface area contributed by atoms with Crippen molar-refractivity contribution >= 4 is 0 Å². The number of nitrogens with two attached hydrogens (primary N) is 2. The van der Waals surface area contributed by atoms with Crippen molar-refractivity contribution < 1.29 is 14.9 Å². The molecule has 0 rings (SSSR count). The minimum Gasteiger partial charge on any atom is -0.394 e. The van der Waals surface area contributed by atoms with Gasteiger partial charge in [0.2, 0.25) is 0 Å². The lowest BCUT2D eigenvalue weighted by Gasteiger charge is -2.13. The maximum absolute atomic E-state index is 8.96. The summed E-state index contributed by atoms with van der Waals surface area (Å²) < 4.78 is 5.12. The SMILES string of the molecule is NCCNCC(N)CCOCC(O)CO. The van der Waals surface area contributed by atoms with Crippen LogP contribution in [0.15, 0.2) is 0 Å². The van der Waals surface area contributed by atoms with Crippen molar-refractivity contribution in [1.82, 2.24) is 5.32 Å². The second kappa shape index (κ2) is 10.3. The summed E-state index contributed by atoms with van der Waals surface area (Å²) in [5, 5.41) is 20.6. The lowest BCUT2D eigenvalue weighted by Crippen LogP contribution is -2.37. The lowest BCUT2D eigenvalue weighted by atomic mass is 10.2. The molecule has 92 valence electrons. The Hall–Kier alpha value is -0.240. The van der Waals surface area contributed by atoms with E-state index in [2.05, 4.69) is 5.32 Å². The van der Waals surface area contributed by atoms with Crippen molar-refractivity contribution in [1.29, 1.82) is 0 Å². The van der Waals surface area contributed by atoms with Crippen LogP contribution in [0.5, 0.6) is 0 Å². The van der Waals surface area contributed by atoms with Crippen molar-refractivity contribution in [3.8, 4) is 0 Å². The molecule has 15 heavy (non-hydrogen) atoms. The fraction of sp³-hybridized carbons (Fsp3) is 1.00. The Morgan fingerprint density at radius 1 is 1.40 bits per heavy atom. The Labute approximate surface area is 90.6 Å². The average molecular weight is 221 g/mol. The summed E-state index contributed by atoms with van der Waals surface area (Å²) in [5.41, 5.74) is 11.1. The Kier molecular flexibility index (Phi) is 10.1. The van der Waals surface area contributed by atoms with Crippen LogP contribution in [0.25, 0.3) is 0 Å². The van der Waals surface area contributed by atoms with Crippen LogP contribution in [0.4, 0.5) is 0 Å². The quantitative estimate of drug-likeness (QED) is 0.263. The number of hydrogen-bond acceptors (Lipinski definition) is 6. The van der Waals surface area contributed by atoms with E-state index < -0.39 is 6.10 Å². The van der Waals surface area contributed by atoms with Gasteiger partial charge in [0.25, 0.3) is 0 Å². The zero-order valence-electron chi connectivity index (χ0n) is 9.06. The highest BCUT2D eigenvalue weighted by molar-refractivity contribution is 4.64. The van der Waals surface area contributed by atoms with Gasteiger partial charge in [0, 0.05) is 32.3 Å². The number of hydrogen-bond donors (Lipinski definition) is 5. The molecule has 0 saturated heterocycles. The summed E-state index contributed by atoms with van der Waals surface area (Å²) in [4.78, 5) is 0. The maximum Gasteiger partial charge on any atom is 0.100 e. The first-order valence-corrected chi connectivity index (χ1v) is 5.23. The first kappa shape index (κ1) is 14.8. The fourth-order valence-electron chi connectivity index (χ4n) is 0.998. The molecule has 0 heterocycles. The molecule has 0 amide bonds. The van der Waals surface area contributed by atoms with E-state index in [0.29, 0.717) is 19.7 Å². The number of nitrogens with one attached hydrogen (secondary N) is 1. The molecule has 0 aromatic heterocycles. The molecule has 0 saturated carbocycles. The Bertz CT molecular complexity index is 138. The van der Waals surface area contributed by atoms with Crippen molar-refractivity contribution in [2.24, 2.45) is 11.5 Å². The molecule has 7 N–H and O–H groups in total. The van der Waals surface area contributed by atoms with Crippen LogP contribution in [0.2, 0.25) is 0 Å². The van der Waals surface area contributed by atoms with Crippen molar-refractivity contribution in [2.45, 2.75) is 18.6 Å². The van der Waals surface area contributed by atoms with Gasteiger partial charge in [-0.15, -0.1) is 0 Å². The van der Waals surface area contributed by atoms with Gasteiger partial charge in [0.1, 0.15) is 6.10 Å². The smallest absolute Gasteiger partial charge is 0.100 e. The molecule has 2 unspecified atom stereocenters. The summed E-state index contributed by atoms with van der Waals surface area (Å²) in [5.74, 6) is 0. The predicted octanol–water partition coefficient (Wildman–Crippen LogP) is -2.38. The molecule has 0 fully saturated rings. The van der Waals surface area contributed by atoms with Gasteiger partial charge in [-0.05, 0) is 6.42 Å². The molecule has 0 bridgehead atoms. The molecule has 0 radical (unpaired) electrons. The molecule has 0 aliphatic rings. The third-order valence-electron chi connectivity index (χ3n) is 1.88. The zero-order chi connectivity index (χ0) is 11.5. The van der Waals surface area contributed by atoms with E-state index >= 15 is 0 Å². The van der Waals surface area contributed by atoms with E-state index in [1.165, 1.54) is 0 Å². The molecular formula is C9H23N3O3. The Morgan fingerprint density at radius 3 is 2.73 bits per heavy atom. The van der Waals surface area contributed by atoms with Crippen LogP contribution in [-0.2, 0) is 4.74 Å². The van der Waals surface area contributed by atoms with Gasteiger partial charge in [0.15, 0.2) is 0 Å². The van der Waals surface area contributed by atoms with Crippen LogP contribution < -0.4 is 16.8 Å². The number of aliphatic hydroxyl groups excluding tert-OH is 2. The standard InChI is InChI=1S/C9H23N3O3/c10-2-3-12-5-8(11)1-4-15-7-9(14)6-13/h8-9,12-14H,1-7,10-11H2. The van der Waals surface area contributed by atoms with Crippen molar-refractivity contribution in [2.75, 3.05) is 39.5 Å².